The third kappa shape index (κ3) is 4.32. The van der Waals surface area contributed by atoms with Crippen LogP contribution in [-0.2, 0) is 16.1 Å². The number of aryl methyl sites for hydroxylation is 1. The molecule has 4 rings (SSSR count). The van der Waals surface area contributed by atoms with Crippen molar-refractivity contribution in [1.29, 1.82) is 0 Å². The number of Topliss-reactive ketones (excluding diaryl/α,β-unsaturated/α-hetero) is 1. The molecule has 1 aliphatic rings. The summed E-state index contributed by atoms with van der Waals surface area (Å²) in [6, 6.07) is 19.6. The molecule has 1 amide bonds. The maximum atomic E-state index is 13.1. The molecule has 6 nitrogen and oxygen atoms in total. The van der Waals surface area contributed by atoms with Crippen LogP contribution in [0.5, 0.6) is 0 Å². The molecule has 1 aliphatic heterocycles. The van der Waals surface area contributed by atoms with Gasteiger partial charge in [0.2, 0.25) is 0 Å². The van der Waals surface area contributed by atoms with Crippen molar-refractivity contribution in [3.8, 4) is 0 Å². The van der Waals surface area contributed by atoms with E-state index in [2.05, 4.69) is 15.9 Å². The van der Waals surface area contributed by atoms with E-state index >= 15 is 0 Å². The number of carboxylic acids is 1. The van der Waals surface area contributed by atoms with E-state index in [-0.39, 0.29) is 23.4 Å². The number of likely N-dealkylation sites (tertiary alicyclic amines) is 1. The average Bonchev–Trinajstić information content (AvgIpc) is 3.06. The first-order valence-corrected chi connectivity index (χ1v) is 11.0. The van der Waals surface area contributed by atoms with Gasteiger partial charge in [0.1, 0.15) is 5.76 Å². The normalized spacial score (nSPS) is 17.4. The van der Waals surface area contributed by atoms with Crippen LogP contribution in [0.25, 0.3) is 5.76 Å². The Morgan fingerprint density at radius 3 is 2.18 bits per heavy atom. The summed E-state index contributed by atoms with van der Waals surface area (Å²) in [6.45, 7) is 1.95. The number of aliphatic hydroxyl groups is 1. The Bertz CT molecular complexity index is 1280. The van der Waals surface area contributed by atoms with Crippen molar-refractivity contribution in [3.63, 3.8) is 0 Å². The number of amides is 1. The topological polar surface area (TPSA) is 94.9 Å². The summed E-state index contributed by atoms with van der Waals surface area (Å²) < 4.78 is 0.865. The van der Waals surface area contributed by atoms with Gasteiger partial charge in [0.05, 0.1) is 17.2 Å². The predicted molar refractivity (Wildman–Crippen MR) is 127 cm³/mol. The summed E-state index contributed by atoms with van der Waals surface area (Å²) in [4.78, 5) is 38.7. The van der Waals surface area contributed by atoms with E-state index in [0.717, 1.165) is 10.0 Å². The van der Waals surface area contributed by atoms with Gasteiger partial charge in [-0.1, -0.05) is 64.5 Å². The zero-order valence-electron chi connectivity index (χ0n) is 17.7. The zero-order valence-corrected chi connectivity index (χ0v) is 19.2. The van der Waals surface area contributed by atoms with Gasteiger partial charge in [-0.15, -0.1) is 0 Å². The highest BCUT2D eigenvalue weighted by Gasteiger charge is 2.46. The van der Waals surface area contributed by atoms with Gasteiger partial charge in [0.15, 0.2) is 0 Å². The molecule has 3 aromatic rings. The number of aromatic carboxylic acids is 1. The lowest BCUT2D eigenvalue weighted by Crippen LogP contribution is -2.29. The van der Waals surface area contributed by atoms with Crippen LogP contribution in [0.4, 0.5) is 0 Å². The molecule has 0 spiro atoms. The number of hydrogen-bond donors (Lipinski definition) is 2. The SMILES string of the molecule is Cc1cc(/C(O)=C2/C(=O)C(=O)N(Cc3ccc(C(=O)O)cc3)C2c2ccccc2)ccc1Br. The second kappa shape index (κ2) is 9.03. The number of carbonyl (C=O) groups excluding carboxylic acids is 2. The molecule has 1 unspecified atom stereocenters. The number of hydrogen-bond acceptors (Lipinski definition) is 4. The van der Waals surface area contributed by atoms with E-state index in [0.29, 0.717) is 16.7 Å². The smallest absolute Gasteiger partial charge is 0.335 e. The van der Waals surface area contributed by atoms with Gasteiger partial charge >= 0.3 is 5.97 Å². The van der Waals surface area contributed by atoms with Crippen LogP contribution >= 0.6 is 15.9 Å². The minimum absolute atomic E-state index is 0.0232. The maximum absolute atomic E-state index is 13.1. The highest BCUT2D eigenvalue weighted by molar-refractivity contribution is 9.10. The summed E-state index contributed by atoms with van der Waals surface area (Å²) in [5.41, 5.74) is 2.83. The van der Waals surface area contributed by atoms with Crippen molar-refractivity contribution in [3.05, 3.63) is 111 Å². The Kier molecular flexibility index (Phi) is 6.16. The van der Waals surface area contributed by atoms with Gasteiger partial charge in [-0.2, -0.15) is 0 Å². The van der Waals surface area contributed by atoms with Crippen molar-refractivity contribution < 1.29 is 24.6 Å². The highest BCUT2D eigenvalue weighted by atomic mass is 79.9. The molecule has 1 fully saturated rings. The van der Waals surface area contributed by atoms with E-state index in [1.54, 1.807) is 54.6 Å². The fourth-order valence-electron chi connectivity index (χ4n) is 3.92. The summed E-state index contributed by atoms with van der Waals surface area (Å²) in [5, 5.41) is 20.3. The summed E-state index contributed by atoms with van der Waals surface area (Å²) in [5.74, 6) is -2.76. The second-order valence-corrected chi connectivity index (χ2v) is 8.66. The number of ketones is 1. The molecule has 0 aliphatic carbocycles. The van der Waals surface area contributed by atoms with Crippen LogP contribution in [0.15, 0.2) is 82.8 Å². The predicted octanol–water partition coefficient (Wildman–Crippen LogP) is 5.08. The first-order valence-electron chi connectivity index (χ1n) is 10.2. The minimum atomic E-state index is -1.05. The Hall–Kier alpha value is -3.71. The highest BCUT2D eigenvalue weighted by Crippen LogP contribution is 2.40. The summed E-state index contributed by atoms with van der Waals surface area (Å²) in [6.07, 6.45) is 0. The lowest BCUT2D eigenvalue weighted by Gasteiger charge is -2.25. The lowest BCUT2D eigenvalue weighted by atomic mass is 9.95. The van der Waals surface area contributed by atoms with Gasteiger partial charge < -0.3 is 15.1 Å². The molecule has 166 valence electrons. The number of halogens is 1. The molecule has 33 heavy (non-hydrogen) atoms. The van der Waals surface area contributed by atoms with Crippen LogP contribution in [0, 0.1) is 6.92 Å². The number of rotatable bonds is 5. The van der Waals surface area contributed by atoms with Crippen molar-refractivity contribution in [2.75, 3.05) is 0 Å². The van der Waals surface area contributed by atoms with Crippen LogP contribution < -0.4 is 0 Å². The van der Waals surface area contributed by atoms with Crippen LogP contribution in [0.1, 0.15) is 38.7 Å². The standard InChI is InChI=1S/C26H20BrNO5/c1-15-13-19(11-12-20(15)27)23(29)21-22(17-5-3-2-4-6-17)28(25(31)24(21)30)14-16-7-9-18(10-8-16)26(32)33/h2-13,22,29H,14H2,1H3,(H,32,33)/b23-21-. The summed E-state index contributed by atoms with van der Waals surface area (Å²) in [7, 11) is 0. The molecule has 0 saturated carbocycles. The Morgan fingerprint density at radius 1 is 0.939 bits per heavy atom. The number of carboxylic acid groups (broad SMARTS) is 1. The van der Waals surface area contributed by atoms with E-state index in [9.17, 15) is 19.5 Å². The van der Waals surface area contributed by atoms with E-state index in [1.807, 2.05) is 13.0 Å². The minimum Gasteiger partial charge on any atom is -0.507 e. The number of carbonyl (C=O) groups is 3. The molecule has 1 heterocycles. The van der Waals surface area contributed by atoms with Crippen molar-refractivity contribution in [1.82, 2.24) is 4.90 Å². The molecular formula is C26H20BrNO5. The molecule has 7 heteroatoms. The Balaban J connectivity index is 1.81. The van der Waals surface area contributed by atoms with Gasteiger partial charge in [0, 0.05) is 16.6 Å². The molecule has 1 saturated heterocycles. The zero-order chi connectivity index (χ0) is 23.7. The van der Waals surface area contributed by atoms with Gasteiger partial charge in [-0.25, -0.2) is 4.79 Å². The number of aliphatic hydroxyl groups excluding tert-OH is 1. The van der Waals surface area contributed by atoms with Gasteiger partial charge in [-0.3, -0.25) is 9.59 Å². The molecule has 1 atom stereocenters. The van der Waals surface area contributed by atoms with E-state index in [1.165, 1.54) is 17.0 Å². The van der Waals surface area contributed by atoms with Crippen LogP contribution in [0.2, 0.25) is 0 Å². The average molecular weight is 506 g/mol. The van der Waals surface area contributed by atoms with Crippen LogP contribution in [0.3, 0.4) is 0 Å². The van der Waals surface area contributed by atoms with Gasteiger partial charge in [-0.05, 0) is 47.9 Å². The molecular weight excluding hydrogens is 486 g/mol. The first kappa shape index (κ1) is 22.5. The van der Waals surface area contributed by atoms with Crippen molar-refractivity contribution in [2.24, 2.45) is 0 Å². The summed E-state index contributed by atoms with van der Waals surface area (Å²) >= 11 is 3.43. The molecule has 2 N–H and O–H groups in total. The number of nitrogens with zero attached hydrogens (tertiary/aromatic N) is 1. The molecule has 3 aromatic carbocycles. The Morgan fingerprint density at radius 2 is 1.58 bits per heavy atom. The van der Waals surface area contributed by atoms with E-state index < -0.39 is 23.7 Å². The van der Waals surface area contributed by atoms with E-state index in [4.69, 9.17) is 5.11 Å². The fourth-order valence-corrected chi connectivity index (χ4v) is 4.17. The monoisotopic (exact) mass is 505 g/mol. The quantitative estimate of drug-likeness (QED) is 0.286. The molecule has 0 aromatic heterocycles. The van der Waals surface area contributed by atoms with Crippen molar-refractivity contribution in [2.45, 2.75) is 19.5 Å². The fraction of sp³-hybridized carbons (Fsp3) is 0.115. The van der Waals surface area contributed by atoms with Crippen molar-refractivity contribution >= 4 is 39.3 Å². The third-order valence-corrected chi connectivity index (χ3v) is 6.53. The molecule has 0 radical (unpaired) electrons. The third-order valence-electron chi connectivity index (χ3n) is 5.64. The number of benzene rings is 3. The second-order valence-electron chi connectivity index (χ2n) is 7.80. The lowest BCUT2D eigenvalue weighted by molar-refractivity contribution is -0.140. The maximum Gasteiger partial charge on any atom is 0.335 e. The van der Waals surface area contributed by atoms with Gasteiger partial charge in [0.25, 0.3) is 11.7 Å². The first-order chi connectivity index (χ1) is 15.8. The Labute approximate surface area is 198 Å². The molecule has 0 bridgehead atoms. The van der Waals surface area contributed by atoms with Crippen LogP contribution in [-0.4, -0.2) is 32.8 Å². The largest absolute Gasteiger partial charge is 0.507 e.